The Balaban J connectivity index is 1.95. The fraction of sp³-hybridized carbons (Fsp3) is 0.308. The summed E-state index contributed by atoms with van der Waals surface area (Å²) in [5, 5.41) is 0. The van der Waals surface area contributed by atoms with Crippen LogP contribution in [0.1, 0.15) is 45.9 Å². The molecule has 0 spiro atoms. The fourth-order valence-electron chi connectivity index (χ4n) is 4.48. The maximum absolute atomic E-state index is 6.02. The second-order valence-corrected chi connectivity index (χ2v) is 7.74. The quantitative estimate of drug-likeness (QED) is 0.528. The molecule has 0 N–H and O–H groups in total. The van der Waals surface area contributed by atoms with Crippen molar-refractivity contribution in [3.8, 4) is 16.9 Å². The molecule has 138 valence electrons. The average Bonchev–Trinajstić information content (AvgIpc) is 3.14. The SMILES string of the molecule is CCc1cc(-c2c(Cc3ccccc3)cc(C)c3c2CCO3)c(C)cc1C. The number of benzene rings is 3. The van der Waals surface area contributed by atoms with E-state index in [-0.39, 0.29) is 0 Å². The topological polar surface area (TPSA) is 9.23 Å². The number of aryl methyl sites for hydroxylation is 4. The van der Waals surface area contributed by atoms with Gasteiger partial charge in [0.1, 0.15) is 5.75 Å². The zero-order valence-corrected chi connectivity index (χ0v) is 16.9. The van der Waals surface area contributed by atoms with Gasteiger partial charge in [-0.05, 0) is 78.1 Å². The summed E-state index contributed by atoms with van der Waals surface area (Å²) >= 11 is 0. The average molecular weight is 357 g/mol. The second kappa shape index (κ2) is 7.23. The van der Waals surface area contributed by atoms with Gasteiger partial charge in [-0.1, -0.05) is 55.5 Å². The summed E-state index contributed by atoms with van der Waals surface area (Å²) in [6.07, 6.45) is 3.03. The maximum atomic E-state index is 6.02. The summed E-state index contributed by atoms with van der Waals surface area (Å²) in [5.41, 5.74) is 12.4. The Morgan fingerprint density at radius 1 is 0.852 bits per heavy atom. The molecule has 1 nitrogen and oxygen atoms in total. The lowest BCUT2D eigenvalue weighted by Gasteiger charge is -2.20. The molecule has 0 saturated heterocycles. The number of hydrogen-bond acceptors (Lipinski definition) is 1. The third kappa shape index (κ3) is 3.27. The van der Waals surface area contributed by atoms with Crippen molar-refractivity contribution < 1.29 is 4.74 Å². The van der Waals surface area contributed by atoms with Crippen molar-refractivity contribution in [3.05, 3.63) is 87.5 Å². The summed E-state index contributed by atoms with van der Waals surface area (Å²) in [6.45, 7) is 9.69. The highest BCUT2D eigenvalue weighted by atomic mass is 16.5. The molecule has 0 aliphatic carbocycles. The van der Waals surface area contributed by atoms with Crippen LogP contribution in [-0.4, -0.2) is 6.61 Å². The van der Waals surface area contributed by atoms with Gasteiger partial charge in [-0.25, -0.2) is 0 Å². The van der Waals surface area contributed by atoms with E-state index in [0.29, 0.717) is 0 Å². The van der Waals surface area contributed by atoms with E-state index in [0.717, 1.165) is 31.6 Å². The van der Waals surface area contributed by atoms with E-state index in [9.17, 15) is 0 Å². The lowest BCUT2D eigenvalue weighted by Crippen LogP contribution is -2.01. The van der Waals surface area contributed by atoms with Gasteiger partial charge in [0.05, 0.1) is 6.61 Å². The van der Waals surface area contributed by atoms with E-state index in [2.05, 4.69) is 76.2 Å². The molecule has 27 heavy (non-hydrogen) atoms. The molecule has 0 bridgehead atoms. The largest absolute Gasteiger partial charge is 0.493 e. The lowest BCUT2D eigenvalue weighted by atomic mass is 9.84. The van der Waals surface area contributed by atoms with Crippen LogP contribution in [0.5, 0.6) is 5.75 Å². The van der Waals surface area contributed by atoms with E-state index in [4.69, 9.17) is 4.74 Å². The zero-order chi connectivity index (χ0) is 19.0. The van der Waals surface area contributed by atoms with Gasteiger partial charge < -0.3 is 4.74 Å². The van der Waals surface area contributed by atoms with Crippen LogP contribution in [0.15, 0.2) is 48.5 Å². The summed E-state index contributed by atoms with van der Waals surface area (Å²) < 4.78 is 6.02. The Kier molecular flexibility index (Phi) is 4.78. The normalized spacial score (nSPS) is 12.7. The zero-order valence-electron chi connectivity index (χ0n) is 16.9. The molecule has 0 aromatic heterocycles. The van der Waals surface area contributed by atoms with E-state index in [1.165, 1.54) is 50.1 Å². The summed E-state index contributed by atoms with van der Waals surface area (Å²) in [5.74, 6) is 1.11. The van der Waals surface area contributed by atoms with E-state index >= 15 is 0 Å². The first-order valence-corrected chi connectivity index (χ1v) is 10.0. The predicted octanol–water partition coefficient (Wildman–Crippen LogP) is 6.37. The molecular weight excluding hydrogens is 328 g/mol. The highest BCUT2D eigenvalue weighted by Crippen LogP contribution is 2.42. The highest BCUT2D eigenvalue weighted by molar-refractivity contribution is 5.79. The van der Waals surface area contributed by atoms with E-state index in [1.54, 1.807) is 0 Å². The van der Waals surface area contributed by atoms with E-state index < -0.39 is 0 Å². The van der Waals surface area contributed by atoms with Crippen LogP contribution in [0.4, 0.5) is 0 Å². The molecule has 0 atom stereocenters. The van der Waals surface area contributed by atoms with Crippen LogP contribution in [-0.2, 0) is 19.3 Å². The lowest BCUT2D eigenvalue weighted by molar-refractivity contribution is 0.354. The minimum absolute atomic E-state index is 0.795. The van der Waals surface area contributed by atoms with Gasteiger partial charge in [0.15, 0.2) is 0 Å². The predicted molar refractivity (Wildman–Crippen MR) is 114 cm³/mol. The molecule has 1 heteroatoms. The first-order valence-electron chi connectivity index (χ1n) is 10.0. The smallest absolute Gasteiger partial charge is 0.126 e. The Bertz CT molecular complexity index is 983. The van der Waals surface area contributed by atoms with Gasteiger partial charge in [-0.15, -0.1) is 0 Å². The Morgan fingerprint density at radius 3 is 2.37 bits per heavy atom. The first kappa shape index (κ1) is 17.9. The molecule has 0 unspecified atom stereocenters. The third-order valence-electron chi connectivity index (χ3n) is 5.81. The molecule has 4 rings (SSSR count). The molecule has 3 aromatic rings. The standard InChI is InChI=1S/C26H28O/c1-5-21-16-24(18(3)13-17(21)2)25-22(15-20-9-7-6-8-10-20)14-19(4)26-23(25)11-12-27-26/h6-10,13-14,16H,5,11-12,15H2,1-4H3. The minimum Gasteiger partial charge on any atom is -0.493 e. The molecule has 0 fully saturated rings. The number of rotatable bonds is 4. The van der Waals surface area contributed by atoms with Gasteiger partial charge in [0.2, 0.25) is 0 Å². The summed E-state index contributed by atoms with van der Waals surface area (Å²) in [7, 11) is 0. The van der Waals surface area contributed by atoms with Crippen LogP contribution in [0.25, 0.3) is 11.1 Å². The van der Waals surface area contributed by atoms with Crippen molar-refractivity contribution in [3.63, 3.8) is 0 Å². The molecule has 0 radical (unpaired) electrons. The molecule has 1 heterocycles. The minimum atomic E-state index is 0.795. The monoisotopic (exact) mass is 356 g/mol. The second-order valence-electron chi connectivity index (χ2n) is 7.74. The molecule has 0 saturated carbocycles. The Labute approximate surface area is 163 Å². The van der Waals surface area contributed by atoms with Crippen molar-refractivity contribution in [2.45, 2.75) is 47.0 Å². The van der Waals surface area contributed by atoms with E-state index in [1.807, 2.05) is 0 Å². The van der Waals surface area contributed by atoms with Gasteiger partial charge in [-0.3, -0.25) is 0 Å². The molecule has 1 aliphatic heterocycles. The summed E-state index contributed by atoms with van der Waals surface area (Å²) in [6, 6.07) is 17.9. The Hall–Kier alpha value is -2.54. The van der Waals surface area contributed by atoms with Crippen LogP contribution >= 0.6 is 0 Å². The number of fused-ring (bicyclic) bond motifs is 1. The van der Waals surface area contributed by atoms with Crippen LogP contribution in [0.3, 0.4) is 0 Å². The molecule has 1 aliphatic rings. The van der Waals surface area contributed by atoms with Crippen LogP contribution < -0.4 is 4.74 Å². The third-order valence-corrected chi connectivity index (χ3v) is 5.81. The highest BCUT2D eigenvalue weighted by Gasteiger charge is 2.24. The maximum Gasteiger partial charge on any atom is 0.126 e. The van der Waals surface area contributed by atoms with Gasteiger partial charge in [-0.2, -0.15) is 0 Å². The van der Waals surface area contributed by atoms with Crippen LogP contribution in [0, 0.1) is 20.8 Å². The Morgan fingerprint density at radius 2 is 1.63 bits per heavy atom. The van der Waals surface area contributed by atoms with Crippen molar-refractivity contribution in [1.82, 2.24) is 0 Å². The van der Waals surface area contributed by atoms with Crippen molar-refractivity contribution in [1.29, 1.82) is 0 Å². The van der Waals surface area contributed by atoms with Gasteiger partial charge in [0, 0.05) is 12.0 Å². The number of ether oxygens (including phenoxy) is 1. The van der Waals surface area contributed by atoms with Crippen molar-refractivity contribution in [2.24, 2.45) is 0 Å². The van der Waals surface area contributed by atoms with Crippen molar-refractivity contribution >= 4 is 0 Å². The molecule has 3 aromatic carbocycles. The van der Waals surface area contributed by atoms with Gasteiger partial charge in [0.25, 0.3) is 0 Å². The molecule has 0 amide bonds. The van der Waals surface area contributed by atoms with Crippen molar-refractivity contribution in [2.75, 3.05) is 6.61 Å². The van der Waals surface area contributed by atoms with Gasteiger partial charge >= 0.3 is 0 Å². The number of hydrogen-bond donors (Lipinski definition) is 0. The van der Waals surface area contributed by atoms with Crippen LogP contribution in [0.2, 0.25) is 0 Å². The summed E-state index contributed by atoms with van der Waals surface area (Å²) in [4.78, 5) is 0. The fourth-order valence-corrected chi connectivity index (χ4v) is 4.48. The first-order chi connectivity index (χ1) is 13.1. The molecular formula is C26H28O.